The summed E-state index contributed by atoms with van der Waals surface area (Å²) in [5.74, 6) is -1.36. The lowest BCUT2D eigenvalue weighted by molar-refractivity contribution is -0.142. The molecule has 0 aliphatic carbocycles. The van der Waals surface area contributed by atoms with Crippen LogP contribution in [0.5, 0.6) is 0 Å². The van der Waals surface area contributed by atoms with Gasteiger partial charge in [0.15, 0.2) is 6.61 Å². The van der Waals surface area contributed by atoms with Crippen molar-refractivity contribution in [3.63, 3.8) is 0 Å². The van der Waals surface area contributed by atoms with Crippen molar-refractivity contribution >= 4 is 41.2 Å². The van der Waals surface area contributed by atoms with Gasteiger partial charge in [-0.1, -0.05) is 29.3 Å². The van der Waals surface area contributed by atoms with Crippen molar-refractivity contribution in [1.29, 1.82) is 0 Å². The van der Waals surface area contributed by atoms with Gasteiger partial charge < -0.3 is 10.5 Å². The molecule has 2 N–H and O–H groups in total. The number of halogens is 2. The molecule has 0 fully saturated rings. The van der Waals surface area contributed by atoms with Crippen LogP contribution < -0.4 is 5.73 Å². The molecule has 0 aromatic heterocycles. The van der Waals surface area contributed by atoms with Crippen molar-refractivity contribution in [2.75, 3.05) is 6.61 Å². The van der Waals surface area contributed by atoms with Gasteiger partial charge in [0, 0.05) is 6.08 Å². The number of rotatable bonds is 4. The maximum Gasteiger partial charge on any atom is 0.331 e. The molecule has 0 bridgehead atoms. The average molecular weight is 274 g/mol. The molecule has 0 radical (unpaired) electrons. The minimum Gasteiger partial charge on any atom is -0.452 e. The van der Waals surface area contributed by atoms with E-state index in [9.17, 15) is 9.59 Å². The van der Waals surface area contributed by atoms with Crippen LogP contribution in [0.15, 0.2) is 24.3 Å². The number of nitrogens with two attached hydrogens (primary N) is 1. The van der Waals surface area contributed by atoms with Gasteiger partial charge in [0.1, 0.15) is 0 Å². The van der Waals surface area contributed by atoms with Gasteiger partial charge in [-0.25, -0.2) is 4.79 Å². The zero-order valence-corrected chi connectivity index (χ0v) is 10.2. The normalized spacial score (nSPS) is 10.5. The van der Waals surface area contributed by atoms with Crippen LogP contribution in [-0.4, -0.2) is 18.5 Å². The van der Waals surface area contributed by atoms with Crippen LogP contribution in [0.25, 0.3) is 6.08 Å². The van der Waals surface area contributed by atoms with Gasteiger partial charge in [-0.05, 0) is 23.8 Å². The SMILES string of the molecule is NC(=O)COC(=O)/C=C/c1ccc(Cl)c(Cl)c1. The summed E-state index contributed by atoms with van der Waals surface area (Å²) < 4.78 is 4.52. The topological polar surface area (TPSA) is 69.4 Å². The van der Waals surface area contributed by atoms with Crippen molar-refractivity contribution in [3.8, 4) is 0 Å². The van der Waals surface area contributed by atoms with Crippen LogP contribution in [0, 0.1) is 0 Å². The number of amides is 1. The Balaban J connectivity index is 2.61. The molecule has 6 heteroatoms. The summed E-state index contributed by atoms with van der Waals surface area (Å²) in [6.07, 6.45) is 2.66. The fraction of sp³-hybridized carbons (Fsp3) is 0.0909. The molecule has 0 aliphatic heterocycles. The van der Waals surface area contributed by atoms with Gasteiger partial charge in [0.25, 0.3) is 5.91 Å². The molecule has 0 aliphatic rings. The predicted molar refractivity (Wildman–Crippen MR) is 65.6 cm³/mol. The first-order chi connectivity index (χ1) is 7.99. The Morgan fingerprint density at radius 1 is 1.29 bits per heavy atom. The minimum atomic E-state index is -0.707. The summed E-state index contributed by atoms with van der Waals surface area (Å²) in [5, 5.41) is 0.819. The Labute approximate surface area is 108 Å². The molecule has 90 valence electrons. The fourth-order valence-corrected chi connectivity index (χ4v) is 1.28. The highest BCUT2D eigenvalue weighted by Crippen LogP contribution is 2.23. The number of carbonyl (C=O) groups excluding carboxylic acids is 2. The maximum atomic E-state index is 11.1. The Hall–Kier alpha value is -1.52. The smallest absolute Gasteiger partial charge is 0.331 e. The second-order valence-corrected chi connectivity index (χ2v) is 3.90. The molecule has 0 saturated heterocycles. The Morgan fingerprint density at radius 3 is 2.59 bits per heavy atom. The van der Waals surface area contributed by atoms with Crippen LogP contribution in [0.1, 0.15) is 5.56 Å². The van der Waals surface area contributed by atoms with E-state index in [-0.39, 0.29) is 0 Å². The number of carbonyl (C=O) groups is 2. The standard InChI is InChI=1S/C11H9Cl2NO3/c12-8-3-1-7(5-9(8)13)2-4-11(16)17-6-10(14)15/h1-5H,6H2,(H2,14,15)/b4-2+. The zero-order valence-electron chi connectivity index (χ0n) is 8.65. The van der Waals surface area contributed by atoms with Gasteiger partial charge >= 0.3 is 5.97 Å². The van der Waals surface area contributed by atoms with Crippen LogP contribution in [0.3, 0.4) is 0 Å². The molecule has 1 rings (SSSR count). The molecule has 0 heterocycles. The lowest BCUT2D eigenvalue weighted by Crippen LogP contribution is -2.19. The molecule has 0 unspecified atom stereocenters. The molecule has 1 aromatic rings. The van der Waals surface area contributed by atoms with Gasteiger partial charge in [0.2, 0.25) is 0 Å². The third-order valence-electron chi connectivity index (χ3n) is 1.71. The van der Waals surface area contributed by atoms with E-state index in [0.717, 1.165) is 0 Å². The van der Waals surface area contributed by atoms with E-state index in [4.69, 9.17) is 28.9 Å². The molecular weight excluding hydrogens is 265 g/mol. The Bertz CT molecular complexity index is 472. The van der Waals surface area contributed by atoms with Crippen molar-refractivity contribution in [2.24, 2.45) is 5.73 Å². The summed E-state index contributed by atoms with van der Waals surface area (Å²) in [7, 11) is 0. The second kappa shape index (κ2) is 6.27. The third kappa shape index (κ3) is 4.89. The second-order valence-electron chi connectivity index (χ2n) is 3.08. The highest BCUT2D eigenvalue weighted by molar-refractivity contribution is 6.42. The first kappa shape index (κ1) is 13.5. The average Bonchev–Trinajstić information content (AvgIpc) is 2.28. The number of primary amides is 1. The van der Waals surface area contributed by atoms with E-state index in [0.29, 0.717) is 15.6 Å². The van der Waals surface area contributed by atoms with Gasteiger partial charge in [-0.3, -0.25) is 4.79 Å². The van der Waals surface area contributed by atoms with Crippen LogP contribution in [-0.2, 0) is 14.3 Å². The van der Waals surface area contributed by atoms with Crippen LogP contribution in [0.2, 0.25) is 10.0 Å². The van der Waals surface area contributed by atoms with E-state index in [1.165, 1.54) is 12.2 Å². The first-order valence-electron chi connectivity index (χ1n) is 4.57. The number of ether oxygens (including phenoxy) is 1. The Morgan fingerprint density at radius 2 is 2.00 bits per heavy atom. The quantitative estimate of drug-likeness (QED) is 0.674. The largest absolute Gasteiger partial charge is 0.452 e. The number of hydrogen-bond donors (Lipinski definition) is 1. The van der Waals surface area contributed by atoms with Crippen LogP contribution in [0.4, 0.5) is 0 Å². The van der Waals surface area contributed by atoms with Crippen LogP contribution >= 0.6 is 23.2 Å². The monoisotopic (exact) mass is 273 g/mol. The molecular formula is C11H9Cl2NO3. The molecule has 1 amide bonds. The van der Waals surface area contributed by atoms with Crippen molar-refractivity contribution < 1.29 is 14.3 Å². The summed E-state index contributed by atoms with van der Waals surface area (Å²) in [6.45, 7) is -0.440. The summed E-state index contributed by atoms with van der Waals surface area (Å²) in [6, 6.07) is 4.89. The molecule has 1 aromatic carbocycles. The van der Waals surface area contributed by atoms with E-state index in [2.05, 4.69) is 4.74 Å². The Kier molecular flexibility index (Phi) is 5.00. The van der Waals surface area contributed by atoms with Crippen molar-refractivity contribution in [2.45, 2.75) is 0 Å². The van der Waals surface area contributed by atoms with E-state index in [1.54, 1.807) is 18.2 Å². The molecule has 0 saturated carbocycles. The third-order valence-corrected chi connectivity index (χ3v) is 2.45. The maximum absolute atomic E-state index is 11.1. The molecule has 0 atom stereocenters. The van der Waals surface area contributed by atoms with Gasteiger partial charge in [-0.2, -0.15) is 0 Å². The summed E-state index contributed by atoms with van der Waals surface area (Å²) >= 11 is 11.5. The van der Waals surface area contributed by atoms with Gasteiger partial charge in [0.05, 0.1) is 10.0 Å². The zero-order chi connectivity index (χ0) is 12.8. The lowest BCUT2D eigenvalue weighted by Gasteiger charge is -1.98. The predicted octanol–water partition coefficient (Wildman–Crippen LogP) is 2.04. The van der Waals surface area contributed by atoms with Crippen molar-refractivity contribution in [3.05, 3.63) is 39.9 Å². The first-order valence-corrected chi connectivity index (χ1v) is 5.33. The fourth-order valence-electron chi connectivity index (χ4n) is 0.971. The van der Waals surface area contributed by atoms with Crippen molar-refractivity contribution in [1.82, 2.24) is 0 Å². The lowest BCUT2D eigenvalue weighted by atomic mass is 10.2. The van der Waals surface area contributed by atoms with Gasteiger partial charge in [-0.15, -0.1) is 0 Å². The summed E-state index contributed by atoms with van der Waals surface area (Å²) in [4.78, 5) is 21.4. The molecule has 17 heavy (non-hydrogen) atoms. The van der Waals surface area contributed by atoms with E-state index < -0.39 is 18.5 Å². The number of hydrogen-bond acceptors (Lipinski definition) is 3. The number of benzene rings is 1. The van der Waals surface area contributed by atoms with E-state index in [1.807, 2.05) is 0 Å². The minimum absolute atomic E-state index is 0.388. The highest BCUT2D eigenvalue weighted by atomic mass is 35.5. The summed E-state index contributed by atoms with van der Waals surface area (Å²) in [5.41, 5.74) is 5.50. The highest BCUT2D eigenvalue weighted by Gasteiger charge is 2.01. The molecule has 0 spiro atoms. The number of esters is 1. The van der Waals surface area contributed by atoms with E-state index >= 15 is 0 Å². The molecule has 4 nitrogen and oxygen atoms in total.